The predicted octanol–water partition coefficient (Wildman–Crippen LogP) is 3.88. The molecular formula is C16H21N3. The van der Waals surface area contributed by atoms with Crippen LogP contribution in [0.15, 0.2) is 36.7 Å². The fourth-order valence-corrected chi connectivity index (χ4v) is 3.08. The monoisotopic (exact) mass is 255 g/mol. The molecule has 1 aliphatic rings. The fraction of sp³-hybridized carbons (Fsp3) is 0.438. The molecule has 2 aromatic rings. The zero-order valence-electron chi connectivity index (χ0n) is 11.4. The Morgan fingerprint density at radius 2 is 2.11 bits per heavy atom. The van der Waals surface area contributed by atoms with Gasteiger partial charge in [0.2, 0.25) is 0 Å². The number of aromatic nitrogens is 2. The van der Waals surface area contributed by atoms with Gasteiger partial charge in [0.15, 0.2) is 0 Å². The highest BCUT2D eigenvalue weighted by Gasteiger charge is 2.21. The van der Waals surface area contributed by atoms with Gasteiger partial charge in [0.25, 0.3) is 0 Å². The van der Waals surface area contributed by atoms with Gasteiger partial charge in [0.1, 0.15) is 0 Å². The lowest BCUT2D eigenvalue weighted by Gasteiger charge is -2.26. The largest absolute Gasteiger partial charge is 0.398 e. The number of anilines is 1. The molecule has 3 rings (SSSR count). The number of hydrogen-bond donors (Lipinski definition) is 1. The van der Waals surface area contributed by atoms with Gasteiger partial charge >= 0.3 is 0 Å². The molecule has 1 aromatic heterocycles. The summed E-state index contributed by atoms with van der Waals surface area (Å²) in [6, 6.07) is 8.54. The van der Waals surface area contributed by atoms with E-state index in [2.05, 4.69) is 29.0 Å². The van der Waals surface area contributed by atoms with Gasteiger partial charge in [-0.05, 0) is 24.8 Å². The number of nitrogens with zero attached hydrogens (tertiary/aromatic N) is 2. The minimum absolute atomic E-state index is 0.558. The number of nitrogen functional groups attached to an aromatic ring is 1. The molecule has 1 fully saturated rings. The van der Waals surface area contributed by atoms with Gasteiger partial charge in [0.05, 0.1) is 12.2 Å². The molecule has 2 atom stereocenters. The maximum absolute atomic E-state index is 6.03. The Morgan fingerprint density at radius 1 is 1.26 bits per heavy atom. The smallest absolute Gasteiger partial charge is 0.0569 e. The van der Waals surface area contributed by atoms with Crippen molar-refractivity contribution in [2.45, 2.75) is 38.6 Å². The van der Waals surface area contributed by atoms with E-state index in [-0.39, 0.29) is 0 Å². The number of nitrogens with two attached hydrogens (primary N) is 1. The normalized spacial score (nSPS) is 23.4. The average molecular weight is 255 g/mol. The zero-order valence-corrected chi connectivity index (χ0v) is 11.4. The first-order valence-electron chi connectivity index (χ1n) is 7.13. The molecule has 2 N–H and O–H groups in total. The summed E-state index contributed by atoms with van der Waals surface area (Å²) >= 11 is 0. The standard InChI is InChI=1S/C16H21N3/c1-12-5-4-6-14(9-12)19-11-13(10-18-19)15-7-2-3-8-16(15)17/h2-3,7-8,10-12,14H,4-6,9,17H2,1H3. The summed E-state index contributed by atoms with van der Waals surface area (Å²) in [4.78, 5) is 0. The van der Waals surface area contributed by atoms with Gasteiger partial charge in [-0.1, -0.05) is 38.0 Å². The van der Waals surface area contributed by atoms with Crippen LogP contribution in [0.5, 0.6) is 0 Å². The predicted molar refractivity (Wildman–Crippen MR) is 78.7 cm³/mol. The van der Waals surface area contributed by atoms with Gasteiger partial charge in [-0.25, -0.2) is 0 Å². The first kappa shape index (κ1) is 12.3. The number of hydrogen-bond acceptors (Lipinski definition) is 2. The van der Waals surface area contributed by atoms with Crippen molar-refractivity contribution in [2.24, 2.45) is 5.92 Å². The van der Waals surface area contributed by atoms with E-state index in [1.807, 2.05) is 24.4 Å². The third kappa shape index (κ3) is 2.50. The van der Waals surface area contributed by atoms with E-state index in [0.29, 0.717) is 6.04 Å². The molecule has 0 bridgehead atoms. The Hall–Kier alpha value is -1.77. The van der Waals surface area contributed by atoms with Crippen molar-refractivity contribution in [3.63, 3.8) is 0 Å². The zero-order chi connectivity index (χ0) is 13.2. The molecule has 100 valence electrons. The SMILES string of the molecule is CC1CCCC(n2cc(-c3ccccc3N)cn2)C1. The highest BCUT2D eigenvalue weighted by Crippen LogP contribution is 2.33. The third-order valence-electron chi connectivity index (χ3n) is 4.16. The quantitative estimate of drug-likeness (QED) is 0.827. The third-order valence-corrected chi connectivity index (χ3v) is 4.16. The van der Waals surface area contributed by atoms with E-state index in [1.165, 1.54) is 25.7 Å². The lowest BCUT2D eigenvalue weighted by atomic mass is 9.87. The first-order chi connectivity index (χ1) is 9.24. The summed E-state index contributed by atoms with van der Waals surface area (Å²) in [6.07, 6.45) is 9.24. The van der Waals surface area contributed by atoms with Crippen LogP contribution in [0.1, 0.15) is 38.6 Å². The molecule has 0 spiro atoms. The molecule has 0 amide bonds. The second-order valence-electron chi connectivity index (χ2n) is 5.72. The van der Waals surface area contributed by atoms with Crippen LogP contribution in [0.2, 0.25) is 0 Å². The summed E-state index contributed by atoms with van der Waals surface area (Å²) in [5, 5.41) is 4.55. The van der Waals surface area contributed by atoms with Crippen molar-refractivity contribution >= 4 is 5.69 Å². The second kappa shape index (κ2) is 5.08. The van der Waals surface area contributed by atoms with Crippen LogP contribution in [0.3, 0.4) is 0 Å². The molecule has 0 aliphatic heterocycles. The molecule has 1 heterocycles. The van der Waals surface area contributed by atoms with Crippen molar-refractivity contribution in [3.05, 3.63) is 36.7 Å². The van der Waals surface area contributed by atoms with Crippen LogP contribution in [-0.4, -0.2) is 9.78 Å². The van der Waals surface area contributed by atoms with E-state index < -0.39 is 0 Å². The van der Waals surface area contributed by atoms with Crippen LogP contribution < -0.4 is 5.73 Å². The van der Waals surface area contributed by atoms with Crippen molar-refractivity contribution < 1.29 is 0 Å². The van der Waals surface area contributed by atoms with Gasteiger partial charge in [-0.3, -0.25) is 4.68 Å². The molecule has 0 radical (unpaired) electrons. The Balaban J connectivity index is 1.85. The molecule has 1 saturated carbocycles. The molecule has 3 nitrogen and oxygen atoms in total. The van der Waals surface area contributed by atoms with Crippen molar-refractivity contribution in [2.75, 3.05) is 5.73 Å². The van der Waals surface area contributed by atoms with Gasteiger partial charge in [-0.2, -0.15) is 5.10 Å². The van der Waals surface area contributed by atoms with Crippen LogP contribution in [0.4, 0.5) is 5.69 Å². The second-order valence-corrected chi connectivity index (χ2v) is 5.72. The van der Waals surface area contributed by atoms with Gasteiger partial charge in [0, 0.05) is 23.0 Å². The van der Waals surface area contributed by atoms with E-state index in [4.69, 9.17) is 5.73 Å². The molecule has 1 aliphatic carbocycles. The van der Waals surface area contributed by atoms with E-state index in [0.717, 1.165) is 22.7 Å². The van der Waals surface area contributed by atoms with Crippen molar-refractivity contribution in [1.29, 1.82) is 0 Å². The maximum Gasteiger partial charge on any atom is 0.0569 e. The molecule has 1 aromatic carbocycles. The number of benzene rings is 1. The Bertz CT molecular complexity index is 559. The number of rotatable bonds is 2. The van der Waals surface area contributed by atoms with Crippen LogP contribution in [0.25, 0.3) is 11.1 Å². The average Bonchev–Trinajstić information content (AvgIpc) is 2.89. The Labute approximate surface area is 114 Å². The highest BCUT2D eigenvalue weighted by molar-refractivity contribution is 5.75. The molecule has 3 heteroatoms. The van der Waals surface area contributed by atoms with Crippen molar-refractivity contribution in [3.8, 4) is 11.1 Å². The molecule has 0 saturated heterocycles. The first-order valence-corrected chi connectivity index (χ1v) is 7.13. The summed E-state index contributed by atoms with van der Waals surface area (Å²) in [6.45, 7) is 2.34. The molecule has 2 unspecified atom stereocenters. The van der Waals surface area contributed by atoms with Gasteiger partial charge < -0.3 is 5.73 Å². The van der Waals surface area contributed by atoms with E-state index in [9.17, 15) is 0 Å². The Morgan fingerprint density at radius 3 is 2.89 bits per heavy atom. The summed E-state index contributed by atoms with van der Waals surface area (Å²) in [5.41, 5.74) is 9.05. The maximum atomic E-state index is 6.03. The molecule has 19 heavy (non-hydrogen) atoms. The fourth-order valence-electron chi connectivity index (χ4n) is 3.08. The number of para-hydroxylation sites is 1. The van der Waals surface area contributed by atoms with Crippen LogP contribution >= 0.6 is 0 Å². The summed E-state index contributed by atoms with van der Waals surface area (Å²) in [5.74, 6) is 0.813. The lowest BCUT2D eigenvalue weighted by molar-refractivity contribution is 0.266. The van der Waals surface area contributed by atoms with Crippen LogP contribution in [-0.2, 0) is 0 Å². The Kier molecular flexibility index (Phi) is 3.28. The van der Waals surface area contributed by atoms with Crippen molar-refractivity contribution in [1.82, 2.24) is 9.78 Å². The summed E-state index contributed by atoms with van der Waals surface area (Å²) in [7, 11) is 0. The molecular weight excluding hydrogens is 234 g/mol. The topological polar surface area (TPSA) is 43.8 Å². The highest BCUT2D eigenvalue weighted by atomic mass is 15.3. The minimum atomic E-state index is 0.558. The summed E-state index contributed by atoms with van der Waals surface area (Å²) < 4.78 is 2.14. The lowest BCUT2D eigenvalue weighted by Crippen LogP contribution is -2.17. The van der Waals surface area contributed by atoms with Crippen LogP contribution in [0, 0.1) is 5.92 Å². The minimum Gasteiger partial charge on any atom is -0.398 e. The van der Waals surface area contributed by atoms with E-state index in [1.54, 1.807) is 0 Å². The van der Waals surface area contributed by atoms with Gasteiger partial charge in [-0.15, -0.1) is 0 Å². The van der Waals surface area contributed by atoms with E-state index >= 15 is 0 Å².